The number of H-pyrrole nitrogens is 1. The van der Waals surface area contributed by atoms with E-state index < -0.39 is 0 Å². The fourth-order valence-electron chi connectivity index (χ4n) is 2.38. The average Bonchev–Trinajstić information content (AvgIpc) is 2.89. The molecule has 2 aromatic heterocycles. The summed E-state index contributed by atoms with van der Waals surface area (Å²) in [5.41, 5.74) is -0.0236. The maximum Gasteiger partial charge on any atom is 0.260 e. The quantitative estimate of drug-likeness (QED) is 0.672. The van der Waals surface area contributed by atoms with Crippen molar-refractivity contribution in [2.45, 2.75) is 36.9 Å². The van der Waals surface area contributed by atoms with Gasteiger partial charge in [-0.3, -0.25) is 4.79 Å². The van der Waals surface area contributed by atoms with E-state index >= 15 is 0 Å². The molecule has 1 unspecified atom stereocenters. The number of hydrogen-bond donors (Lipinski definition) is 2. The van der Waals surface area contributed by atoms with Crippen molar-refractivity contribution in [3.63, 3.8) is 0 Å². The van der Waals surface area contributed by atoms with Crippen LogP contribution < -0.4 is 10.9 Å². The number of piperidine rings is 1. The van der Waals surface area contributed by atoms with Crippen LogP contribution in [0.3, 0.4) is 0 Å². The van der Waals surface area contributed by atoms with Crippen molar-refractivity contribution >= 4 is 33.3 Å². The molecule has 1 saturated heterocycles. The largest absolute Gasteiger partial charge is 0.314 e. The van der Waals surface area contributed by atoms with E-state index in [-0.39, 0.29) is 5.56 Å². The molecular formula is C13H17N3OS2. The maximum atomic E-state index is 11.8. The zero-order valence-electron chi connectivity index (χ0n) is 10.6. The van der Waals surface area contributed by atoms with Crippen molar-refractivity contribution in [3.8, 4) is 0 Å². The van der Waals surface area contributed by atoms with Gasteiger partial charge in [0.15, 0.2) is 5.16 Å². The van der Waals surface area contributed by atoms with Crippen LogP contribution in [0.5, 0.6) is 0 Å². The highest BCUT2D eigenvalue weighted by atomic mass is 32.2. The van der Waals surface area contributed by atoms with Gasteiger partial charge in [0.1, 0.15) is 4.83 Å². The van der Waals surface area contributed by atoms with Gasteiger partial charge in [0, 0.05) is 11.8 Å². The number of hydrogen-bond acceptors (Lipinski definition) is 5. The van der Waals surface area contributed by atoms with Gasteiger partial charge in [0.2, 0.25) is 0 Å². The van der Waals surface area contributed by atoms with Gasteiger partial charge in [0.05, 0.1) is 5.39 Å². The first kappa shape index (κ1) is 13.1. The van der Waals surface area contributed by atoms with E-state index in [0.29, 0.717) is 11.4 Å². The van der Waals surface area contributed by atoms with E-state index in [4.69, 9.17) is 0 Å². The molecule has 2 aromatic rings. The van der Waals surface area contributed by atoms with Crippen molar-refractivity contribution in [1.29, 1.82) is 0 Å². The molecule has 102 valence electrons. The van der Waals surface area contributed by atoms with Gasteiger partial charge in [-0.25, -0.2) is 4.98 Å². The molecule has 0 aromatic carbocycles. The van der Waals surface area contributed by atoms with Gasteiger partial charge >= 0.3 is 0 Å². The Kier molecular flexibility index (Phi) is 4.20. The molecule has 19 heavy (non-hydrogen) atoms. The fourth-order valence-corrected chi connectivity index (χ4v) is 4.12. The number of aromatic nitrogens is 2. The highest BCUT2D eigenvalue weighted by molar-refractivity contribution is 7.99. The van der Waals surface area contributed by atoms with Crippen LogP contribution in [0, 0.1) is 0 Å². The van der Waals surface area contributed by atoms with Gasteiger partial charge in [-0.2, -0.15) is 0 Å². The normalized spacial score (nSPS) is 19.9. The summed E-state index contributed by atoms with van der Waals surface area (Å²) in [6.07, 6.45) is 5.04. The summed E-state index contributed by atoms with van der Waals surface area (Å²) in [6.45, 7) is 1.14. The first-order valence-corrected chi connectivity index (χ1v) is 8.53. The minimum absolute atomic E-state index is 0.0236. The van der Waals surface area contributed by atoms with E-state index in [0.717, 1.165) is 28.7 Å². The second-order valence-electron chi connectivity index (χ2n) is 4.79. The van der Waals surface area contributed by atoms with E-state index in [1.165, 1.54) is 30.6 Å². The molecule has 6 heteroatoms. The van der Waals surface area contributed by atoms with Gasteiger partial charge < -0.3 is 10.3 Å². The third-order valence-electron chi connectivity index (χ3n) is 3.43. The summed E-state index contributed by atoms with van der Waals surface area (Å²) in [5, 5.41) is 6.89. The van der Waals surface area contributed by atoms with Crippen LogP contribution in [0.1, 0.15) is 25.7 Å². The third kappa shape index (κ3) is 3.19. The molecule has 0 aliphatic carbocycles. The van der Waals surface area contributed by atoms with Crippen LogP contribution in [-0.2, 0) is 0 Å². The van der Waals surface area contributed by atoms with Crippen LogP contribution in [0.25, 0.3) is 10.2 Å². The van der Waals surface area contributed by atoms with Crippen molar-refractivity contribution in [2.75, 3.05) is 12.3 Å². The van der Waals surface area contributed by atoms with Gasteiger partial charge in [-0.05, 0) is 37.3 Å². The van der Waals surface area contributed by atoms with Crippen LogP contribution in [0.2, 0.25) is 0 Å². The SMILES string of the molecule is O=c1[nH]c(SCCC2CCCCN2)nc2sccc12. The molecule has 0 bridgehead atoms. The summed E-state index contributed by atoms with van der Waals surface area (Å²) in [5.74, 6) is 0.998. The topological polar surface area (TPSA) is 57.8 Å². The summed E-state index contributed by atoms with van der Waals surface area (Å²) < 4.78 is 0. The first-order chi connectivity index (χ1) is 9.33. The Labute approximate surface area is 120 Å². The number of rotatable bonds is 4. The summed E-state index contributed by atoms with van der Waals surface area (Å²) in [7, 11) is 0. The maximum absolute atomic E-state index is 11.8. The Morgan fingerprint density at radius 1 is 1.47 bits per heavy atom. The Hall–Kier alpha value is -0.850. The van der Waals surface area contributed by atoms with Crippen LogP contribution in [0.15, 0.2) is 21.4 Å². The van der Waals surface area contributed by atoms with E-state index in [2.05, 4.69) is 15.3 Å². The van der Waals surface area contributed by atoms with Crippen molar-refractivity contribution in [1.82, 2.24) is 15.3 Å². The molecule has 1 aliphatic rings. The van der Waals surface area contributed by atoms with Gasteiger partial charge in [-0.15, -0.1) is 11.3 Å². The number of thioether (sulfide) groups is 1. The van der Waals surface area contributed by atoms with Crippen LogP contribution in [0.4, 0.5) is 0 Å². The number of aromatic amines is 1. The highest BCUT2D eigenvalue weighted by Crippen LogP contribution is 2.20. The molecule has 0 radical (unpaired) electrons. The Morgan fingerprint density at radius 3 is 3.26 bits per heavy atom. The molecule has 3 heterocycles. The molecule has 0 saturated carbocycles. The standard InChI is InChI=1S/C13H17N3OS2/c17-11-10-5-8-18-12(10)16-13(15-11)19-7-4-9-3-1-2-6-14-9/h5,8-9,14H,1-4,6-7H2,(H,15,16,17). The number of fused-ring (bicyclic) bond motifs is 1. The minimum Gasteiger partial charge on any atom is -0.314 e. The van der Waals surface area contributed by atoms with E-state index in [1.807, 2.05) is 11.4 Å². The number of nitrogens with one attached hydrogen (secondary N) is 2. The zero-order valence-corrected chi connectivity index (χ0v) is 12.3. The van der Waals surface area contributed by atoms with Gasteiger partial charge in [0.25, 0.3) is 5.56 Å². The van der Waals surface area contributed by atoms with Crippen LogP contribution in [-0.4, -0.2) is 28.3 Å². The molecular weight excluding hydrogens is 278 g/mol. The molecule has 1 atom stereocenters. The fraction of sp³-hybridized carbons (Fsp3) is 0.538. The lowest BCUT2D eigenvalue weighted by Gasteiger charge is -2.22. The predicted octanol–water partition coefficient (Wildman–Crippen LogP) is 2.61. The molecule has 4 nitrogen and oxygen atoms in total. The molecule has 1 fully saturated rings. The monoisotopic (exact) mass is 295 g/mol. The lowest BCUT2D eigenvalue weighted by atomic mass is 10.0. The van der Waals surface area contributed by atoms with Crippen molar-refractivity contribution in [2.24, 2.45) is 0 Å². The van der Waals surface area contributed by atoms with Crippen molar-refractivity contribution in [3.05, 3.63) is 21.8 Å². The Morgan fingerprint density at radius 2 is 2.42 bits per heavy atom. The first-order valence-electron chi connectivity index (χ1n) is 6.66. The predicted molar refractivity (Wildman–Crippen MR) is 81.2 cm³/mol. The second-order valence-corrected chi connectivity index (χ2v) is 6.77. The van der Waals surface area contributed by atoms with Crippen molar-refractivity contribution < 1.29 is 0 Å². The lowest BCUT2D eigenvalue weighted by molar-refractivity contribution is 0.394. The molecule has 2 N–H and O–H groups in total. The summed E-state index contributed by atoms with van der Waals surface area (Å²) in [4.78, 5) is 20.0. The highest BCUT2D eigenvalue weighted by Gasteiger charge is 2.12. The minimum atomic E-state index is -0.0236. The third-order valence-corrected chi connectivity index (χ3v) is 5.14. The second kappa shape index (κ2) is 6.07. The number of nitrogens with zero attached hydrogens (tertiary/aromatic N) is 1. The average molecular weight is 295 g/mol. The summed E-state index contributed by atoms with van der Waals surface area (Å²) in [6, 6.07) is 2.46. The van der Waals surface area contributed by atoms with E-state index in [1.54, 1.807) is 11.8 Å². The summed E-state index contributed by atoms with van der Waals surface area (Å²) >= 11 is 3.17. The smallest absolute Gasteiger partial charge is 0.260 e. The number of thiophene rings is 1. The lowest BCUT2D eigenvalue weighted by Crippen LogP contribution is -2.34. The van der Waals surface area contributed by atoms with Gasteiger partial charge in [-0.1, -0.05) is 18.2 Å². The zero-order chi connectivity index (χ0) is 13.1. The molecule has 3 rings (SSSR count). The Bertz CT molecular complexity index is 601. The molecule has 0 amide bonds. The van der Waals surface area contributed by atoms with Crippen LogP contribution >= 0.6 is 23.1 Å². The molecule has 1 aliphatic heterocycles. The van der Waals surface area contributed by atoms with E-state index in [9.17, 15) is 4.79 Å². The molecule has 0 spiro atoms. The Balaban J connectivity index is 1.60.